The highest BCUT2D eigenvalue weighted by Gasteiger charge is 2.29. The van der Waals surface area contributed by atoms with Crippen molar-refractivity contribution in [2.75, 3.05) is 19.6 Å². The lowest BCUT2D eigenvalue weighted by Crippen LogP contribution is -2.47. The van der Waals surface area contributed by atoms with Gasteiger partial charge >= 0.3 is 0 Å². The van der Waals surface area contributed by atoms with Crippen LogP contribution in [0.5, 0.6) is 0 Å². The number of hydrogen-bond acceptors (Lipinski definition) is 1. The van der Waals surface area contributed by atoms with Crippen molar-refractivity contribution in [2.45, 2.75) is 40.5 Å². The Labute approximate surface area is 77.1 Å². The molecule has 72 valence electrons. The van der Waals surface area contributed by atoms with Gasteiger partial charge in [0, 0.05) is 13.1 Å². The molecule has 1 aliphatic rings. The quantitative estimate of drug-likeness (QED) is 0.628. The minimum absolute atomic E-state index is 0.531. The van der Waals surface area contributed by atoms with Crippen LogP contribution in [0.25, 0.3) is 0 Å². The van der Waals surface area contributed by atoms with E-state index in [4.69, 9.17) is 0 Å². The molecule has 0 saturated carbocycles. The molecule has 12 heavy (non-hydrogen) atoms. The van der Waals surface area contributed by atoms with E-state index in [1.807, 2.05) is 0 Å². The SMILES string of the molecule is CCCN1CC(CC(C)(C)C)C1. The average Bonchev–Trinajstić information content (AvgIpc) is 1.80. The fraction of sp³-hybridized carbons (Fsp3) is 1.00. The third kappa shape index (κ3) is 3.14. The van der Waals surface area contributed by atoms with Crippen molar-refractivity contribution < 1.29 is 0 Å². The Balaban J connectivity index is 2.10. The van der Waals surface area contributed by atoms with Crippen molar-refractivity contribution >= 4 is 0 Å². The van der Waals surface area contributed by atoms with E-state index in [2.05, 4.69) is 32.6 Å². The van der Waals surface area contributed by atoms with E-state index in [1.165, 1.54) is 32.5 Å². The fourth-order valence-corrected chi connectivity index (χ4v) is 2.17. The zero-order valence-electron chi connectivity index (χ0n) is 9.06. The number of rotatable bonds is 3. The van der Waals surface area contributed by atoms with E-state index in [0.29, 0.717) is 5.41 Å². The zero-order chi connectivity index (χ0) is 9.19. The summed E-state index contributed by atoms with van der Waals surface area (Å²) in [6, 6.07) is 0. The van der Waals surface area contributed by atoms with Gasteiger partial charge in [0.2, 0.25) is 0 Å². The second-order valence-electron chi connectivity index (χ2n) is 5.39. The highest BCUT2D eigenvalue weighted by Crippen LogP contribution is 2.29. The Morgan fingerprint density at radius 3 is 2.25 bits per heavy atom. The van der Waals surface area contributed by atoms with Crippen LogP contribution in [0.3, 0.4) is 0 Å². The van der Waals surface area contributed by atoms with Crippen LogP contribution in [0.1, 0.15) is 40.5 Å². The van der Waals surface area contributed by atoms with E-state index >= 15 is 0 Å². The van der Waals surface area contributed by atoms with Gasteiger partial charge in [-0.1, -0.05) is 27.7 Å². The summed E-state index contributed by atoms with van der Waals surface area (Å²) in [5.74, 6) is 0.983. The number of likely N-dealkylation sites (tertiary alicyclic amines) is 1. The van der Waals surface area contributed by atoms with E-state index in [1.54, 1.807) is 0 Å². The van der Waals surface area contributed by atoms with Crippen molar-refractivity contribution in [1.82, 2.24) is 4.90 Å². The molecule has 1 heterocycles. The van der Waals surface area contributed by atoms with Gasteiger partial charge in [-0.25, -0.2) is 0 Å². The number of hydrogen-bond donors (Lipinski definition) is 0. The summed E-state index contributed by atoms with van der Waals surface area (Å²) in [5, 5.41) is 0. The van der Waals surface area contributed by atoms with Crippen LogP contribution < -0.4 is 0 Å². The molecule has 0 spiro atoms. The highest BCUT2D eigenvalue weighted by atomic mass is 15.2. The monoisotopic (exact) mass is 169 g/mol. The predicted molar refractivity (Wildman–Crippen MR) is 54.3 cm³/mol. The second kappa shape index (κ2) is 3.78. The molecular formula is C11H23N. The second-order valence-corrected chi connectivity index (χ2v) is 5.39. The molecule has 0 aromatic heterocycles. The first-order valence-electron chi connectivity index (χ1n) is 5.23. The largest absolute Gasteiger partial charge is 0.303 e. The summed E-state index contributed by atoms with van der Waals surface area (Å²) in [6.45, 7) is 13.3. The van der Waals surface area contributed by atoms with Crippen LogP contribution in [0, 0.1) is 11.3 Å². The predicted octanol–water partition coefficient (Wildman–Crippen LogP) is 2.76. The van der Waals surface area contributed by atoms with Gasteiger partial charge in [0.1, 0.15) is 0 Å². The van der Waals surface area contributed by atoms with Crippen LogP contribution in [-0.4, -0.2) is 24.5 Å². The van der Waals surface area contributed by atoms with Crippen LogP contribution >= 0.6 is 0 Å². The molecule has 1 saturated heterocycles. The molecule has 1 heteroatoms. The molecule has 0 aliphatic carbocycles. The third-order valence-corrected chi connectivity index (χ3v) is 2.47. The molecule has 0 aromatic carbocycles. The van der Waals surface area contributed by atoms with Gasteiger partial charge in [-0.05, 0) is 30.7 Å². The van der Waals surface area contributed by atoms with Gasteiger partial charge in [-0.2, -0.15) is 0 Å². The fourth-order valence-electron chi connectivity index (χ4n) is 2.17. The minimum atomic E-state index is 0.531. The van der Waals surface area contributed by atoms with Crippen molar-refractivity contribution in [3.05, 3.63) is 0 Å². The van der Waals surface area contributed by atoms with Gasteiger partial charge < -0.3 is 4.90 Å². The zero-order valence-corrected chi connectivity index (χ0v) is 9.06. The van der Waals surface area contributed by atoms with E-state index in [0.717, 1.165) is 5.92 Å². The van der Waals surface area contributed by atoms with Crippen LogP contribution in [0.4, 0.5) is 0 Å². The summed E-state index contributed by atoms with van der Waals surface area (Å²) in [5.41, 5.74) is 0.531. The van der Waals surface area contributed by atoms with Crippen molar-refractivity contribution in [1.29, 1.82) is 0 Å². The molecule has 1 nitrogen and oxygen atoms in total. The third-order valence-electron chi connectivity index (χ3n) is 2.47. The molecule has 1 rings (SSSR count). The van der Waals surface area contributed by atoms with Gasteiger partial charge in [-0.3, -0.25) is 0 Å². The number of nitrogens with zero attached hydrogens (tertiary/aromatic N) is 1. The normalized spacial score (nSPS) is 21.0. The minimum Gasteiger partial charge on any atom is -0.303 e. The van der Waals surface area contributed by atoms with Gasteiger partial charge in [0.05, 0.1) is 0 Å². The first kappa shape index (κ1) is 10.0. The lowest BCUT2D eigenvalue weighted by atomic mass is 9.81. The Hall–Kier alpha value is -0.0400. The molecule has 0 radical (unpaired) electrons. The lowest BCUT2D eigenvalue weighted by Gasteiger charge is -2.42. The molecule has 0 unspecified atom stereocenters. The molecule has 1 aliphatic heterocycles. The van der Waals surface area contributed by atoms with Crippen molar-refractivity contribution in [3.63, 3.8) is 0 Å². The van der Waals surface area contributed by atoms with E-state index in [9.17, 15) is 0 Å². The van der Waals surface area contributed by atoms with Crippen molar-refractivity contribution in [3.8, 4) is 0 Å². The summed E-state index contributed by atoms with van der Waals surface area (Å²) < 4.78 is 0. The Bertz CT molecular complexity index is 128. The first-order valence-corrected chi connectivity index (χ1v) is 5.23. The van der Waals surface area contributed by atoms with Gasteiger partial charge in [0.25, 0.3) is 0 Å². The molecule has 0 N–H and O–H groups in total. The lowest BCUT2D eigenvalue weighted by molar-refractivity contribution is 0.0697. The summed E-state index contributed by atoms with van der Waals surface area (Å²) in [7, 11) is 0. The van der Waals surface area contributed by atoms with E-state index in [-0.39, 0.29) is 0 Å². The van der Waals surface area contributed by atoms with Gasteiger partial charge in [0.15, 0.2) is 0 Å². The topological polar surface area (TPSA) is 3.24 Å². The maximum absolute atomic E-state index is 2.57. The Kier molecular flexibility index (Phi) is 3.16. The van der Waals surface area contributed by atoms with Crippen LogP contribution in [0.15, 0.2) is 0 Å². The smallest absolute Gasteiger partial charge is 0.00222 e. The Morgan fingerprint density at radius 1 is 1.25 bits per heavy atom. The molecule has 0 atom stereocenters. The van der Waals surface area contributed by atoms with Crippen LogP contribution in [-0.2, 0) is 0 Å². The summed E-state index contributed by atoms with van der Waals surface area (Å²) in [6.07, 6.45) is 2.70. The maximum atomic E-state index is 2.57. The summed E-state index contributed by atoms with van der Waals surface area (Å²) in [4.78, 5) is 2.57. The molecule has 1 fully saturated rings. The molecule has 0 bridgehead atoms. The standard InChI is InChI=1S/C11H23N/c1-5-6-12-8-10(9-12)7-11(2,3)4/h10H,5-9H2,1-4H3. The molecule has 0 amide bonds. The van der Waals surface area contributed by atoms with Crippen molar-refractivity contribution in [2.24, 2.45) is 11.3 Å². The maximum Gasteiger partial charge on any atom is 0.00222 e. The van der Waals surface area contributed by atoms with E-state index < -0.39 is 0 Å². The Morgan fingerprint density at radius 2 is 1.83 bits per heavy atom. The average molecular weight is 169 g/mol. The summed E-state index contributed by atoms with van der Waals surface area (Å²) >= 11 is 0. The highest BCUT2D eigenvalue weighted by molar-refractivity contribution is 4.82. The molecule has 0 aromatic rings. The molecular weight excluding hydrogens is 146 g/mol. The van der Waals surface area contributed by atoms with Gasteiger partial charge in [-0.15, -0.1) is 0 Å². The first-order chi connectivity index (χ1) is 5.51. The van der Waals surface area contributed by atoms with Crippen LogP contribution in [0.2, 0.25) is 0 Å².